The van der Waals surface area contributed by atoms with Crippen LogP contribution in [-0.4, -0.2) is 25.2 Å². The number of carbonyl (C=O) groups is 2. The lowest BCUT2D eigenvalue weighted by molar-refractivity contribution is -0.143. The quantitative estimate of drug-likeness (QED) is 0.588. The number of halogens is 2. The summed E-state index contributed by atoms with van der Waals surface area (Å²) in [5.74, 6) is -2.38. The Morgan fingerprint density at radius 3 is 2.75 bits per heavy atom. The van der Waals surface area contributed by atoms with Gasteiger partial charge in [-0.15, -0.1) is 0 Å². The predicted octanol–water partition coefficient (Wildman–Crippen LogP) is 1.50. The first kappa shape index (κ1) is 15.9. The van der Waals surface area contributed by atoms with Crippen LogP contribution in [0, 0.1) is 11.6 Å². The molecule has 0 aliphatic carbocycles. The smallest absolute Gasteiger partial charge is 0.312 e. The molecule has 0 unspecified atom stereocenters. The van der Waals surface area contributed by atoms with E-state index in [1.165, 1.54) is 12.1 Å². The number of nitrogens with two attached hydrogens (primary N) is 1. The van der Waals surface area contributed by atoms with Gasteiger partial charge in [0.2, 0.25) is 0 Å². The molecule has 7 heteroatoms. The minimum absolute atomic E-state index is 0.0381. The van der Waals surface area contributed by atoms with Crippen LogP contribution in [0.1, 0.15) is 18.4 Å². The van der Waals surface area contributed by atoms with Gasteiger partial charge < -0.3 is 15.8 Å². The highest BCUT2D eigenvalue weighted by Gasteiger charge is 2.10. The Labute approximate surface area is 115 Å². The van der Waals surface area contributed by atoms with Crippen molar-refractivity contribution in [2.24, 2.45) is 5.73 Å². The van der Waals surface area contributed by atoms with E-state index in [-0.39, 0.29) is 25.0 Å². The van der Waals surface area contributed by atoms with Gasteiger partial charge in [0.1, 0.15) is 0 Å². The number of esters is 1. The Kier molecular flexibility index (Phi) is 6.42. The van der Waals surface area contributed by atoms with Crippen molar-refractivity contribution in [1.29, 1.82) is 0 Å². The SMILES string of the molecule is NC(=O)NCCCOC(=O)CCc1cccc(F)c1F. The van der Waals surface area contributed by atoms with E-state index in [0.717, 1.165) is 6.07 Å². The summed E-state index contributed by atoms with van der Waals surface area (Å²) in [6.07, 6.45) is 0.467. The van der Waals surface area contributed by atoms with Crippen molar-refractivity contribution < 1.29 is 23.1 Å². The lowest BCUT2D eigenvalue weighted by atomic mass is 10.1. The fourth-order valence-electron chi connectivity index (χ4n) is 1.52. The minimum Gasteiger partial charge on any atom is -0.466 e. The second-order valence-electron chi connectivity index (χ2n) is 4.08. The fourth-order valence-corrected chi connectivity index (χ4v) is 1.52. The Bertz CT molecular complexity index is 481. The van der Waals surface area contributed by atoms with Crippen molar-refractivity contribution >= 4 is 12.0 Å². The Morgan fingerprint density at radius 2 is 2.05 bits per heavy atom. The molecule has 1 aromatic rings. The molecule has 110 valence electrons. The summed E-state index contributed by atoms with van der Waals surface area (Å²) in [5, 5.41) is 2.35. The summed E-state index contributed by atoms with van der Waals surface area (Å²) in [4.78, 5) is 21.7. The number of urea groups is 1. The van der Waals surface area contributed by atoms with Gasteiger partial charge in [0.25, 0.3) is 0 Å². The molecule has 1 rings (SSSR count). The minimum atomic E-state index is -0.939. The Morgan fingerprint density at radius 1 is 1.30 bits per heavy atom. The van der Waals surface area contributed by atoms with E-state index in [2.05, 4.69) is 5.32 Å². The maximum atomic E-state index is 13.3. The van der Waals surface area contributed by atoms with E-state index in [9.17, 15) is 18.4 Å². The average molecular weight is 286 g/mol. The molecule has 0 spiro atoms. The molecule has 2 amide bonds. The highest BCUT2D eigenvalue weighted by atomic mass is 19.2. The molecule has 0 bridgehead atoms. The van der Waals surface area contributed by atoms with Gasteiger partial charge in [-0.1, -0.05) is 12.1 Å². The second kappa shape index (κ2) is 8.08. The number of ether oxygens (including phenoxy) is 1. The summed E-state index contributed by atoms with van der Waals surface area (Å²) in [7, 11) is 0. The van der Waals surface area contributed by atoms with Crippen molar-refractivity contribution in [1.82, 2.24) is 5.32 Å². The standard InChI is InChI=1S/C13H16F2N2O3/c14-10-4-1-3-9(12(10)15)5-6-11(18)20-8-2-7-17-13(16)19/h1,3-4H,2,5-8H2,(H3,16,17,19). The summed E-state index contributed by atoms with van der Waals surface area (Å²) in [6.45, 7) is 0.436. The van der Waals surface area contributed by atoms with Crippen LogP contribution in [0.3, 0.4) is 0 Å². The van der Waals surface area contributed by atoms with Crippen LogP contribution in [-0.2, 0) is 16.0 Å². The lowest BCUT2D eigenvalue weighted by Gasteiger charge is -2.06. The van der Waals surface area contributed by atoms with Crippen molar-refractivity contribution in [2.75, 3.05) is 13.2 Å². The molecule has 5 nitrogen and oxygen atoms in total. The molecule has 0 saturated heterocycles. The Hall–Kier alpha value is -2.18. The van der Waals surface area contributed by atoms with Crippen LogP contribution in [0.4, 0.5) is 13.6 Å². The van der Waals surface area contributed by atoms with Gasteiger partial charge in [0.05, 0.1) is 6.61 Å². The molecular formula is C13H16F2N2O3. The zero-order chi connectivity index (χ0) is 15.0. The van der Waals surface area contributed by atoms with E-state index in [1.54, 1.807) is 0 Å². The number of rotatable bonds is 7. The highest BCUT2D eigenvalue weighted by Crippen LogP contribution is 2.13. The molecule has 0 radical (unpaired) electrons. The van der Waals surface area contributed by atoms with Crippen LogP contribution in [0.2, 0.25) is 0 Å². The third kappa shape index (κ3) is 5.64. The molecule has 3 N–H and O–H groups in total. The number of primary amides is 1. The number of hydrogen-bond donors (Lipinski definition) is 2. The van der Waals surface area contributed by atoms with Gasteiger partial charge in [0.15, 0.2) is 11.6 Å². The largest absolute Gasteiger partial charge is 0.466 e. The molecule has 0 aromatic heterocycles. The van der Waals surface area contributed by atoms with Gasteiger partial charge in [-0.3, -0.25) is 4.79 Å². The summed E-state index contributed by atoms with van der Waals surface area (Å²) < 4.78 is 31.1. The summed E-state index contributed by atoms with van der Waals surface area (Å²) >= 11 is 0. The van der Waals surface area contributed by atoms with Crippen molar-refractivity contribution in [3.8, 4) is 0 Å². The van der Waals surface area contributed by atoms with E-state index < -0.39 is 23.6 Å². The van der Waals surface area contributed by atoms with E-state index in [4.69, 9.17) is 10.5 Å². The average Bonchev–Trinajstić information content (AvgIpc) is 2.39. The van der Waals surface area contributed by atoms with Crippen molar-refractivity contribution in [3.63, 3.8) is 0 Å². The van der Waals surface area contributed by atoms with Gasteiger partial charge in [-0.2, -0.15) is 0 Å². The Balaban J connectivity index is 2.23. The van der Waals surface area contributed by atoms with Gasteiger partial charge in [-0.05, 0) is 24.5 Å². The molecule has 0 aliphatic heterocycles. The molecule has 0 saturated carbocycles. The van der Waals surface area contributed by atoms with Crippen molar-refractivity contribution in [3.05, 3.63) is 35.4 Å². The number of benzene rings is 1. The maximum Gasteiger partial charge on any atom is 0.312 e. The van der Waals surface area contributed by atoms with Crippen LogP contribution in [0.15, 0.2) is 18.2 Å². The summed E-state index contributed by atoms with van der Waals surface area (Å²) in [5.41, 5.74) is 4.99. The van der Waals surface area contributed by atoms with Crippen LogP contribution in [0.25, 0.3) is 0 Å². The van der Waals surface area contributed by atoms with Crippen LogP contribution in [0.5, 0.6) is 0 Å². The van der Waals surface area contributed by atoms with Crippen molar-refractivity contribution in [2.45, 2.75) is 19.3 Å². The van der Waals surface area contributed by atoms with E-state index in [0.29, 0.717) is 13.0 Å². The molecular weight excluding hydrogens is 270 g/mol. The van der Waals surface area contributed by atoms with Gasteiger partial charge in [0, 0.05) is 13.0 Å². The zero-order valence-electron chi connectivity index (χ0n) is 10.8. The first-order chi connectivity index (χ1) is 9.50. The van der Waals surface area contributed by atoms with E-state index in [1.807, 2.05) is 0 Å². The first-order valence-corrected chi connectivity index (χ1v) is 6.12. The van der Waals surface area contributed by atoms with Crippen LogP contribution < -0.4 is 11.1 Å². The molecule has 1 aromatic carbocycles. The third-order valence-corrected chi connectivity index (χ3v) is 2.51. The molecule has 0 heterocycles. The normalized spacial score (nSPS) is 10.1. The second-order valence-corrected chi connectivity index (χ2v) is 4.08. The molecule has 0 aliphatic rings. The molecule has 20 heavy (non-hydrogen) atoms. The lowest BCUT2D eigenvalue weighted by Crippen LogP contribution is -2.30. The number of amides is 2. The van der Waals surface area contributed by atoms with Gasteiger partial charge >= 0.3 is 12.0 Å². The zero-order valence-corrected chi connectivity index (χ0v) is 10.8. The first-order valence-electron chi connectivity index (χ1n) is 6.12. The fraction of sp³-hybridized carbons (Fsp3) is 0.385. The van der Waals surface area contributed by atoms with Crippen LogP contribution >= 0.6 is 0 Å². The number of nitrogens with one attached hydrogen (secondary N) is 1. The topological polar surface area (TPSA) is 81.4 Å². The van der Waals surface area contributed by atoms with Gasteiger partial charge in [-0.25, -0.2) is 13.6 Å². The number of aryl methyl sites for hydroxylation is 1. The maximum absolute atomic E-state index is 13.3. The highest BCUT2D eigenvalue weighted by molar-refractivity contribution is 5.71. The molecule has 0 atom stereocenters. The number of carbonyl (C=O) groups excluding carboxylic acids is 2. The predicted molar refractivity (Wildman–Crippen MR) is 67.8 cm³/mol. The van der Waals surface area contributed by atoms with E-state index >= 15 is 0 Å². The summed E-state index contributed by atoms with van der Waals surface area (Å²) in [6, 6.07) is 3.18. The third-order valence-electron chi connectivity index (χ3n) is 2.51. The number of hydrogen-bond acceptors (Lipinski definition) is 3. The monoisotopic (exact) mass is 286 g/mol. The molecule has 0 fully saturated rings.